The summed E-state index contributed by atoms with van der Waals surface area (Å²) >= 11 is 0. The summed E-state index contributed by atoms with van der Waals surface area (Å²) in [6, 6.07) is 7.03. The van der Waals surface area contributed by atoms with Gasteiger partial charge < -0.3 is 16.2 Å². The van der Waals surface area contributed by atoms with Crippen molar-refractivity contribution in [3.05, 3.63) is 42.2 Å². The summed E-state index contributed by atoms with van der Waals surface area (Å²) in [5, 5.41) is 4.40. The molecule has 0 aliphatic carbocycles. The second-order valence-corrected chi connectivity index (χ2v) is 6.37. The molecule has 3 aromatic rings. The molecule has 12 heteroatoms. The molecule has 6 nitrogen and oxygen atoms in total. The Labute approximate surface area is 165 Å². The fourth-order valence-electron chi connectivity index (χ4n) is 2.74. The maximum absolute atomic E-state index is 13.8. The Morgan fingerprint density at radius 2 is 1.80 bits per heavy atom. The molecule has 1 amide bonds. The summed E-state index contributed by atoms with van der Waals surface area (Å²) < 4.78 is 83.3. The molecular formula is C18H14F6N4O2. The van der Waals surface area contributed by atoms with Gasteiger partial charge in [0.05, 0.1) is 5.52 Å². The molecule has 2 aromatic carbocycles. The van der Waals surface area contributed by atoms with Gasteiger partial charge in [-0.05, 0) is 35.9 Å². The lowest BCUT2D eigenvalue weighted by atomic mass is 10.0. The molecule has 0 fully saturated rings. The monoisotopic (exact) mass is 432 g/mol. The number of ether oxygens (including phenoxy) is 1. The molecule has 1 aromatic heterocycles. The number of hydrogen-bond donors (Lipinski definition) is 2. The summed E-state index contributed by atoms with van der Waals surface area (Å²) in [4.78, 5) is 11.2. The molecule has 0 saturated carbocycles. The number of anilines is 1. The van der Waals surface area contributed by atoms with Crippen molar-refractivity contribution in [3.63, 3.8) is 0 Å². The average Bonchev–Trinajstić information content (AvgIpc) is 2.94. The van der Waals surface area contributed by atoms with Gasteiger partial charge in [-0.25, -0.2) is 4.39 Å². The topological polar surface area (TPSA) is 96.2 Å². The van der Waals surface area contributed by atoms with Gasteiger partial charge in [-0.1, -0.05) is 6.07 Å². The number of nitrogen functional groups attached to an aromatic ring is 1. The van der Waals surface area contributed by atoms with Gasteiger partial charge in [0.1, 0.15) is 18.1 Å². The molecule has 0 unspecified atom stereocenters. The first kappa shape index (κ1) is 21.3. The Bertz CT molecular complexity index is 1110. The molecule has 0 radical (unpaired) electrons. The Hall–Kier alpha value is -3.44. The predicted octanol–water partition coefficient (Wildman–Crippen LogP) is 3.49. The van der Waals surface area contributed by atoms with Gasteiger partial charge in [0, 0.05) is 10.9 Å². The molecule has 0 saturated heterocycles. The highest BCUT2D eigenvalue weighted by atomic mass is 19.4. The number of nitrogens with two attached hydrogens (primary N) is 2. The largest absolute Gasteiger partial charge is 0.486 e. The number of aromatic nitrogens is 2. The summed E-state index contributed by atoms with van der Waals surface area (Å²) in [5.74, 6) is -6.90. The minimum absolute atomic E-state index is 0.0818. The lowest BCUT2D eigenvalue weighted by Crippen LogP contribution is -2.41. The summed E-state index contributed by atoms with van der Waals surface area (Å²) in [6.07, 6.45) is -5.80. The van der Waals surface area contributed by atoms with E-state index in [-0.39, 0.29) is 23.5 Å². The molecule has 160 valence electrons. The number of halogens is 6. The van der Waals surface area contributed by atoms with E-state index in [9.17, 15) is 31.1 Å². The molecule has 0 spiro atoms. The van der Waals surface area contributed by atoms with E-state index < -0.39 is 36.2 Å². The van der Waals surface area contributed by atoms with Crippen molar-refractivity contribution in [2.24, 2.45) is 5.73 Å². The summed E-state index contributed by atoms with van der Waals surface area (Å²) in [5.41, 5.74) is 11.4. The van der Waals surface area contributed by atoms with Crippen LogP contribution >= 0.6 is 0 Å². The van der Waals surface area contributed by atoms with Crippen LogP contribution in [0.1, 0.15) is 0 Å². The molecule has 0 bridgehead atoms. The fraction of sp³-hybridized carbons (Fsp3) is 0.222. The number of benzene rings is 2. The molecule has 0 aliphatic rings. The summed E-state index contributed by atoms with van der Waals surface area (Å²) in [6.45, 7) is -2.30. The fourth-order valence-corrected chi connectivity index (χ4v) is 2.74. The third-order valence-corrected chi connectivity index (χ3v) is 4.16. The lowest BCUT2D eigenvalue weighted by Gasteiger charge is -2.21. The molecular weight excluding hydrogens is 418 g/mol. The van der Waals surface area contributed by atoms with E-state index in [4.69, 9.17) is 16.2 Å². The Balaban J connectivity index is 2.04. The van der Waals surface area contributed by atoms with Gasteiger partial charge in [0.25, 0.3) is 0 Å². The van der Waals surface area contributed by atoms with Crippen LogP contribution in [0.3, 0.4) is 0 Å². The van der Waals surface area contributed by atoms with E-state index in [0.29, 0.717) is 10.9 Å². The highest BCUT2D eigenvalue weighted by molar-refractivity contribution is 5.93. The van der Waals surface area contributed by atoms with Gasteiger partial charge >= 0.3 is 12.1 Å². The van der Waals surface area contributed by atoms with Gasteiger partial charge in [0.15, 0.2) is 12.4 Å². The number of carbonyl (C=O) groups is 1. The number of fused-ring (bicyclic) bond motifs is 1. The van der Waals surface area contributed by atoms with Crippen molar-refractivity contribution in [2.45, 2.75) is 18.6 Å². The van der Waals surface area contributed by atoms with Crippen molar-refractivity contribution < 1.29 is 35.9 Å². The third kappa shape index (κ3) is 4.11. The first-order valence-electron chi connectivity index (χ1n) is 8.30. The van der Waals surface area contributed by atoms with Crippen LogP contribution < -0.4 is 16.2 Å². The highest BCUT2D eigenvalue weighted by Crippen LogP contribution is 2.38. The average molecular weight is 432 g/mol. The Kier molecular flexibility index (Phi) is 5.27. The minimum atomic E-state index is -5.80. The SMILES string of the molecule is NC(=O)Cn1nc(N)c2ccc(-c3cc(F)ccc3OCC(F)(F)C(F)(F)F)cc21. The number of rotatable bonds is 6. The molecule has 0 aliphatic heterocycles. The van der Waals surface area contributed by atoms with Crippen molar-refractivity contribution in [3.8, 4) is 16.9 Å². The number of amides is 1. The van der Waals surface area contributed by atoms with E-state index in [1.807, 2.05) is 0 Å². The van der Waals surface area contributed by atoms with Crippen molar-refractivity contribution in [1.29, 1.82) is 0 Å². The van der Waals surface area contributed by atoms with Crippen LogP contribution in [-0.4, -0.2) is 34.4 Å². The molecule has 4 N–H and O–H groups in total. The minimum Gasteiger partial charge on any atom is -0.486 e. The Morgan fingerprint density at radius 3 is 2.43 bits per heavy atom. The van der Waals surface area contributed by atoms with Crippen LogP contribution in [0.15, 0.2) is 36.4 Å². The van der Waals surface area contributed by atoms with Crippen molar-refractivity contribution in [2.75, 3.05) is 12.3 Å². The van der Waals surface area contributed by atoms with Gasteiger partial charge in [0.2, 0.25) is 5.91 Å². The van der Waals surface area contributed by atoms with Crippen LogP contribution in [0, 0.1) is 5.82 Å². The van der Waals surface area contributed by atoms with E-state index in [2.05, 4.69) is 5.10 Å². The molecule has 0 atom stereocenters. The smallest absolute Gasteiger partial charge is 0.456 e. The van der Waals surface area contributed by atoms with Crippen LogP contribution in [0.4, 0.5) is 32.2 Å². The van der Waals surface area contributed by atoms with Crippen LogP contribution in [0.25, 0.3) is 22.0 Å². The second-order valence-electron chi connectivity index (χ2n) is 6.37. The predicted molar refractivity (Wildman–Crippen MR) is 95.2 cm³/mol. The van der Waals surface area contributed by atoms with Crippen molar-refractivity contribution >= 4 is 22.6 Å². The van der Waals surface area contributed by atoms with Crippen LogP contribution in [0.2, 0.25) is 0 Å². The first-order valence-corrected chi connectivity index (χ1v) is 8.30. The maximum Gasteiger partial charge on any atom is 0.456 e. The highest BCUT2D eigenvalue weighted by Gasteiger charge is 2.58. The number of primary amides is 1. The maximum atomic E-state index is 13.8. The van der Waals surface area contributed by atoms with Crippen LogP contribution in [0.5, 0.6) is 5.75 Å². The Morgan fingerprint density at radius 1 is 1.10 bits per heavy atom. The third-order valence-electron chi connectivity index (χ3n) is 4.16. The summed E-state index contributed by atoms with van der Waals surface area (Å²) in [7, 11) is 0. The lowest BCUT2D eigenvalue weighted by molar-refractivity contribution is -0.289. The zero-order valence-corrected chi connectivity index (χ0v) is 15.0. The zero-order chi connectivity index (χ0) is 22.3. The molecule has 1 heterocycles. The van der Waals surface area contributed by atoms with E-state index in [1.165, 1.54) is 22.9 Å². The van der Waals surface area contributed by atoms with Gasteiger partial charge in [-0.3, -0.25) is 9.48 Å². The second kappa shape index (κ2) is 7.43. The first-order chi connectivity index (χ1) is 13.9. The number of alkyl halides is 5. The molecule has 3 rings (SSSR count). The zero-order valence-electron chi connectivity index (χ0n) is 15.0. The van der Waals surface area contributed by atoms with Gasteiger partial charge in [-0.2, -0.15) is 27.1 Å². The number of carbonyl (C=O) groups excluding carboxylic acids is 1. The van der Waals surface area contributed by atoms with Crippen LogP contribution in [-0.2, 0) is 11.3 Å². The normalized spacial score (nSPS) is 12.3. The van der Waals surface area contributed by atoms with E-state index in [1.54, 1.807) is 0 Å². The van der Waals surface area contributed by atoms with E-state index in [0.717, 1.165) is 18.2 Å². The quantitative estimate of drug-likeness (QED) is 0.583. The van der Waals surface area contributed by atoms with Crippen molar-refractivity contribution in [1.82, 2.24) is 9.78 Å². The van der Waals surface area contributed by atoms with Gasteiger partial charge in [-0.15, -0.1) is 0 Å². The standard InChI is InChI=1S/C18H14F6N4O2/c19-10-2-4-14(30-8-17(20,21)18(22,23)24)12(6-10)9-1-3-11-13(5-9)28(7-15(25)29)27-16(11)26/h1-6H,7-8H2,(H2,25,29)(H2,26,27). The number of hydrogen-bond acceptors (Lipinski definition) is 4. The number of nitrogens with zero attached hydrogens (tertiary/aromatic N) is 2. The van der Waals surface area contributed by atoms with E-state index >= 15 is 0 Å². The molecule has 30 heavy (non-hydrogen) atoms.